The van der Waals surface area contributed by atoms with Gasteiger partial charge in [-0.2, -0.15) is 0 Å². The van der Waals surface area contributed by atoms with Gasteiger partial charge in [-0.3, -0.25) is 0 Å². The summed E-state index contributed by atoms with van der Waals surface area (Å²) in [5, 5.41) is 3.15. The van der Waals surface area contributed by atoms with Gasteiger partial charge in [0, 0.05) is 6.07 Å². The number of rotatable bonds is 5. The molecule has 0 aromatic heterocycles. The molecule has 2 rings (SSSR count). The zero-order valence-corrected chi connectivity index (χ0v) is 13.7. The van der Waals surface area contributed by atoms with Crippen molar-refractivity contribution >= 4 is 21.6 Å². The molecule has 4 heteroatoms. The molecule has 1 nitrogen and oxygen atoms in total. The molecule has 0 saturated heterocycles. The lowest BCUT2D eigenvalue weighted by molar-refractivity contribution is 0.578. The molecule has 0 heterocycles. The zero-order chi connectivity index (χ0) is 15.4. The van der Waals surface area contributed by atoms with E-state index in [-0.39, 0.29) is 10.5 Å². The van der Waals surface area contributed by atoms with Crippen LogP contribution in [0.5, 0.6) is 0 Å². The van der Waals surface area contributed by atoms with Gasteiger partial charge in [-0.05, 0) is 46.0 Å². The molecule has 0 fully saturated rings. The largest absolute Gasteiger partial charge is 0.376 e. The molecule has 0 amide bonds. The Hall–Kier alpha value is -1.42. The third-order valence-corrected chi connectivity index (χ3v) is 4.15. The Morgan fingerprint density at radius 3 is 2.29 bits per heavy atom. The number of aryl methyl sites for hydroxylation is 1. The monoisotopic (exact) mass is 353 g/mol. The maximum atomic E-state index is 13.8. The van der Waals surface area contributed by atoms with E-state index in [4.69, 9.17) is 0 Å². The second kappa shape index (κ2) is 7.03. The standard InChI is InChI=1S/C17H18BrF2N/c1-3-11-5-7-12(8-6-11)16(4-2)21-17-9-13(18)14(19)10-15(17)20/h5-10,16,21H,3-4H2,1-2H3. The maximum absolute atomic E-state index is 13.8. The molecule has 1 atom stereocenters. The molecule has 2 aromatic rings. The highest BCUT2D eigenvalue weighted by Gasteiger charge is 2.14. The molecule has 0 aliphatic heterocycles. The van der Waals surface area contributed by atoms with E-state index in [0.29, 0.717) is 5.69 Å². The maximum Gasteiger partial charge on any atom is 0.149 e. The van der Waals surface area contributed by atoms with E-state index in [2.05, 4.69) is 52.4 Å². The van der Waals surface area contributed by atoms with Gasteiger partial charge in [0.05, 0.1) is 16.2 Å². The fraction of sp³-hybridized carbons (Fsp3) is 0.294. The van der Waals surface area contributed by atoms with Crippen molar-refractivity contribution in [1.82, 2.24) is 0 Å². The normalized spacial score (nSPS) is 12.2. The van der Waals surface area contributed by atoms with Crippen LogP contribution in [0.4, 0.5) is 14.5 Å². The van der Waals surface area contributed by atoms with Crippen molar-refractivity contribution < 1.29 is 8.78 Å². The Labute approximate surface area is 132 Å². The van der Waals surface area contributed by atoms with Crippen LogP contribution in [0.2, 0.25) is 0 Å². The minimum Gasteiger partial charge on any atom is -0.376 e. The lowest BCUT2D eigenvalue weighted by Crippen LogP contribution is -2.11. The van der Waals surface area contributed by atoms with Gasteiger partial charge in [-0.25, -0.2) is 8.78 Å². The highest BCUT2D eigenvalue weighted by molar-refractivity contribution is 9.10. The minimum atomic E-state index is -0.599. The lowest BCUT2D eigenvalue weighted by atomic mass is 10.0. The van der Waals surface area contributed by atoms with E-state index in [1.807, 2.05) is 6.92 Å². The molecule has 0 spiro atoms. The van der Waals surface area contributed by atoms with Crippen LogP contribution in [0.3, 0.4) is 0 Å². The Morgan fingerprint density at radius 2 is 1.71 bits per heavy atom. The third kappa shape index (κ3) is 3.82. The molecule has 1 N–H and O–H groups in total. The first-order chi connectivity index (χ1) is 10.0. The van der Waals surface area contributed by atoms with Gasteiger partial charge in [-0.1, -0.05) is 38.1 Å². The molecule has 0 aliphatic carbocycles. The average molecular weight is 354 g/mol. The van der Waals surface area contributed by atoms with Gasteiger partial charge in [0.15, 0.2) is 0 Å². The van der Waals surface area contributed by atoms with E-state index < -0.39 is 11.6 Å². The lowest BCUT2D eigenvalue weighted by Gasteiger charge is -2.20. The third-order valence-electron chi connectivity index (χ3n) is 3.54. The number of anilines is 1. The first kappa shape index (κ1) is 16.0. The second-order valence-corrected chi connectivity index (χ2v) is 5.80. The van der Waals surface area contributed by atoms with Crippen molar-refractivity contribution in [2.45, 2.75) is 32.7 Å². The van der Waals surface area contributed by atoms with Crippen LogP contribution in [0, 0.1) is 11.6 Å². The topological polar surface area (TPSA) is 12.0 Å². The van der Waals surface area contributed by atoms with Crippen LogP contribution in [-0.4, -0.2) is 0 Å². The molecule has 21 heavy (non-hydrogen) atoms. The first-order valence-corrected chi connectivity index (χ1v) is 7.84. The van der Waals surface area contributed by atoms with Crippen molar-refractivity contribution in [2.24, 2.45) is 0 Å². The first-order valence-electron chi connectivity index (χ1n) is 7.05. The van der Waals surface area contributed by atoms with Crippen molar-refractivity contribution in [2.75, 3.05) is 5.32 Å². The van der Waals surface area contributed by atoms with Crippen LogP contribution in [0.15, 0.2) is 40.9 Å². The van der Waals surface area contributed by atoms with Gasteiger partial charge in [0.25, 0.3) is 0 Å². The van der Waals surface area contributed by atoms with Gasteiger partial charge in [0.2, 0.25) is 0 Å². The summed E-state index contributed by atoms with van der Waals surface area (Å²) in [6.07, 6.45) is 1.80. The van der Waals surface area contributed by atoms with Crippen molar-refractivity contribution in [3.8, 4) is 0 Å². The van der Waals surface area contributed by atoms with Gasteiger partial charge < -0.3 is 5.32 Å². The summed E-state index contributed by atoms with van der Waals surface area (Å²) < 4.78 is 27.4. The van der Waals surface area contributed by atoms with Crippen molar-refractivity contribution in [3.63, 3.8) is 0 Å². The fourth-order valence-electron chi connectivity index (χ4n) is 2.23. The summed E-state index contributed by atoms with van der Waals surface area (Å²) in [5.41, 5.74) is 2.66. The van der Waals surface area contributed by atoms with Crippen LogP contribution in [0.1, 0.15) is 37.4 Å². The minimum absolute atomic E-state index is 0.0113. The smallest absolute Gasteiger partial charge is 0.149 e. The molecule has 0 aliphatic rings. The van der Waals surface area contributed by atoms with E-state index in [1.165, 1.54) is 11.6 Å². The Morgan fingerprint density at radius 1 is 1.05 bits per heavy atom. The summed E-state index contributed by atoms with van der Waals surface area (Å²) in [7, 11) is 0. The Kier molecular flexibility index (Phi) is 5.34. The molecular weight excluding hydrogens is 336 g/mol. The summed E-state index contributed by atoms with van der Waals surface area (Å²) in [4.78, 5) is 0. The number of benzene rings is 2. The van der Waals surface area contributed by atoms with Crippen LogP contribution < -0.4 is 5.32 Å². The molecule has 0 radical (unpaired) electrons. The van der Waals surface area contributed by atoms with Gasteiger partial charge >= 0.3 is 0 Å². The van der Waals surface area contributed by atoms with Gasteiger partial charge in [0.1, 0.15) is 11.6 Å². The van der Waals surface area contributed by atoms with Crippen LogP contribution in [0.25, 0.3) is 0 Å². The number of nitrogens with one attached hydrogen (secondary N) is 1. The van der Waals surface area contributed by atoms with Crippen molar-refractivity contribution in [1.29, 1.82) is 0 Å². The van der Waals surface area contributed by atoms with Crippen LogP contribution in [-0.2, 0) is 6.42 Å². The summed E-state index contributed by atoms with van der Waals surface area (Å²) in [6, 6.07) is 10.6. The van der Waals surface area contributed by atoms with E-state index in [0.717, 1.165) is 24.5 Å². The fourth-order valence-corrected chi connectivity index (χ4v) is 2.57. The highest BCUT2D eigenvalue weighted by Crippen LogP contribution is 2.28. The van der Waals surface area contributed by atoms with Crippen molar-refractivity contribution in [3.05, 3.63) is 63.6 Å². The molecule has 112 valence electrons. The summed E-state index contributed by atoms with van der Waals surface area (Å²) in [6.45, 7) is 4.14. The summed E-state index contributed by atoms with van der Waals surface area (Å²) >= 11 is 3.09. The summed E-state index contributed by atoms with van der Waals surface area (Å²) in [5.74, 6) is -1.18. The quantitative estimate of drug-likeness (QED) is 0.664. The molecule has 0 saturated carbocycles. The molecule has 0 bridgehead atoms. The number of halogens is 3. The number of hydrogen-bond acceptors (Lipinski definition) is 1. The zero-order valence-electron chi connectivity index (χ0n) is 12.1. The SMILES string of the molecule is CCc1ccc(C(CC)Nc2cc(Br)c(F)cc2F)cc1. The van der Waals surface area contributed by atoms with E-state index >= 15 is 0 Å². The predicted molar refractivity (Wildman–Crippen MR) is 86.5 cm³/mol. The van der Waals surface area contributed by atoms with Crippen LogP contribution >= 0.6 is 15.9 Å². The Balaban J connectivity index is 2.24. The second-order valence-electron chi connectivity index (χ2n) is 4.95. The molecule has 2 aromatic carbocycles. The van der Waals surface area contributed by atoms with E-state index in [9.17, 15) is 8.78 Å². The number of hydrogen-bond donors (Lipinski definition) is 1. The van der Waals surface area contributed by atoms with E-state index in [1.54, 1.807) is 0 Å². The molecular formula is C17H18BrF2N. The van der Waals surface area contributed by atoms with Gasteiger partial charge in [-0.15, -0.1) is 0 Å². The molecule has 1 unspecified atom stereocenters. The Bertz CT molecular complexity index is 611. The predicted octanol–water partition coefficient (Wildman–Crippen LogP) is 5.85. The average Bonchev–Trinajstić information content (AvgIpc) is 2.50. The highest BCUT2D eigenvalue weighted by atomic mass is 79.9.